The van der Waals surface area contributed by atoms with Gasteiger partial charge >= 0.3 is 0 Å². The van der Waals surface area contributed by atoms with E-state index in [9.17, 15) is 8.42 Å². The molecule has 4 heteroatoms. The molecule has 0 heterocycles. The maximum Gasteiger partial charge on any atom is 0.269 e. The van der Waals surface area contributed by atoms with Crippen LogP contribution in [0.4, 0.5) is 0 Å². The number of rotatable bonds is 4. The lowest BCUT2D eigenvalue weighted by molar-refractivity contribution is 0.473. The predicted molar refractivity (Wildman–Crippen MR) is 39.9 cm³/mol. The van der Waals surface area contributed by atoms with E-state index >= 15 is 0 Å². The molecule has 3 nitrogen and oxygen atoms in total. The van der Waals surface area contributed by atoms with Crippen molar-refractivity contribution >= 4 is 10.1 Å². The third-order valence-corrected chi connectivity index (χ3v) is 2.14. The topological polar surface area (TPSA) is 54.4 Å². The average Bonchev–Trinajstić information content (AvgIpc) is 1.81. The molecular weight excluding hydrogens is 152 g/mol. The molecule has 0 rings (SSSR count). The van der Waals surface area contributed by atoms with Crippen molar-refractivity contribution in [3.05, 3.63) is 5.75 Å². The molecule has 0 atom stereocenters. The van der Waals surface area contributed by atoms with Gasteiger partial charge in [0.05, 0.1) is 0 Å². The van der Waals surface area contributed by atoms with E-state index in [1.54, 1.807) is 0 Å². The van der Waals surface area contributed by atoms with E-state index in [-0.39, 0.29) is 5.92 Å². The Bertz CT molecular complexity index is 167. The fourth-order valence-electron chi connectivity index (χ4n) is 0.724. The molecule has 0 saturated heterocycles. The first-order valence-corrected chi connectivity index (χ1v) is 4.82. The van der Waals surface area contributed by atoms with Crippen LogP contribution in [0, 0.1) is 11.7 Å². The van der Waals surface area contributed by atoms with E-state index in [1.807, 2.05) is 13.8 Å². The molecule has 61 valence electrons. The van der Waals surface area contributed by atoms with E-state index in [1.165, 1.54) is 0 Å². The highest BCUT2D eigenvalue weighted by atomic mass is 32.2. The minimum atomic E-state index is -3.87. The first kappa shape index (κ1) is 9.91. The summed E-state index contributed by atoms with van der Waals surface area (Å²) in [5, 5.41) is 0. The van der Waals surface area contributed by atoms with Gasteiger partial charge in [0, 0.05) is 0 Å². The monoisotopic (exact) mass is 165 g/mol. The van der Waals surface area contributed by atoms with Crippen molar-refractivity contribution in [1.82, 2.24) is 0 Å². The molecule has 0 bridgehead atoms. The zero-order valence-corrected chi connectivity index (χ0v) is 7.06. The second kappa shape index (κ2) is 3.93. The van der Waals surface area contributed by atoms with Crippen LogP contribution in [-0.4, -0.2) is 13.0 Å². The van der Waals surface area contributed by atoms with Gasteiger partial charge in [0.2, 0.25) is 0 Å². The minimum Gasteiger partial charge on any atom is -0.285 e. The molecule has 0 saturated carbocycles. The molecule has 0 aliphatic heterocycles. The van der Waals surface area contributed by atoms with Crippen molar-refractivity contribution in [2.24, 2.45) is 5.92 Å². The van der Waals surface area contributed by atoms with Crippen LogP contribution in [0.3, 0.4) is 0 Å². The van der Waals surface area contributed by atoms with Gasteiger partial charge in [-0.1, -0.05) is 26.7 Å². The molecule has 0 aliphatic rings. The number of hydrogen-bond donors (Lipinski definition) is 1. The zero-order valence-electron chi connectivity index (χ0n) is 6.24. The molecular formula is C6H13O3S. The summed E-state index contributed by atoms with van der Waals surface area (Å²) in [6, 6.07) is 0. The van der Waals surface area contributed by atoms with Crippen LogP contribution in [0.5, 0.6) is 0 Å². The lowest BCUT2D eigenvalue weighted by atomic mass is 10.1. The van der Waals surface area contributed by atoms with Crippen LogP contribution < -0.4 is 0 Å². The van der Waals surface area contributed by atoms with Crippen LogP contribution in [0.15, 0.2) is 0 Å². The molecule has 0 spiro atoms. The SMILES string of the molecule is CCC([CH]S(=O)(=O)O)CC. The van der Waals surface area contributed by atoms with Crippen molar-refractivity contribution in [3.8, 4) is 0 Å². The van der Waals surface area contributed by atoms with E-state index in [4.69, 9.17) is 4.55 Å². The highest BCUT2D eigenvalue weighted by molar-refractivity contribution is 7.87. The second-order valence-corrected chi connectivity index (χ2v) is 3.53. The molecule has 1 radical (unpaired) electrons. The van der Waals surface area contributed by atoms with E-state index in [2.05, 4.69) is 0 Å². The maximum absolute atomic E-state index is 10.3. The fraction of sp³-hybridized carbons (Fsp3) is 0.833. The quantitative estimate of drug-likeness (QED) is 0.642. The van der Waals surface area contributed by atoms with Crippen LogP contribution >= 0.6 is 0 Å². The Labute approximate surface area is 62.2 Å². The molecule has 0 aromatic rings. The molecule has 0 fully saturated rings. The molecule has 0 unspecified atom stereocenters. The normalized spacial score (nSPS) is 12.4. The van der Waals surface area contributed by atoms with Crippen molar-refractivity contribution in [2.45, 2.75) is 26.7 Å². The van der Waals surface area contributed by atoms with Crippen LogP contribution in [0.25, 0.3) is 0 Å². The Balaban J connectivity index is 3.87. The minimum absolute atomic E-state index is 0.0185. The van der Waals surface area contributed by atoms with E-state index in [0.717, 1.165) is 18.6 Å². The molecule has 0 aliphatic carbocycles. The Kier molecular flexibility index (Phi) is 3.89. The maximum atomic E-state index is 10.3. The third kappa shape index (κ3) is 4.76. The van der Waals surface area contributed by atoms with Gasteiger partial charge in [-0.3, -0.25) is 4.55 Å². The Morgan fingerprint density at radius 2 is 1.80 bits per heavy atom. The van der Waals surface area contributed by atoms with Crippen molar-refractivity contribution in [3.63, 3.8) is 0 Å². The van der Waals surface area contributed by atoms with Gasteiger partial charge in [-0.25, -0.2) is 0 Å². The summed E-state index contributed by atoms with van der Waals surface area (Å²) in [5.74, 6) is 0.975. The summed E-state index contributed by atoms with van der Waals surface area (Å²) in [6.45, 7) is 3.77. The smallest absolute Gasteiger partial charge is 0.269 e. The van der Waals surface area contributed by atoms with Crippen molar-refractivity contribution in [1.29, 1.82) is 0 Å². The summed E-state index contributed by atoms with van der Waals surface area (Å²) in [6.07, 6.45) is 1.49. The second-order valence-electron chi connectivity index (χ2n) is 2.23. The zero-order chi connectivity index (χ0) is 8.20. The first-order valence-electron chi connectivity index (χ1n) is 3.32. The largest absolute Gasteiger partial charge is 0.285 e. The van der Waals surface area contributed by atoms with Crippen LogP contribution in [-0.2, 0) is 10.1 Å². The summed E-state index contributed by atoms with van der Waals surface area (Å²) >= 11 is 0. The van der Waals surface area contributed by atoms with Gasteiger partial charge in [0.15, 0.2) is 0 Å². The molecule has 0 aromatic carbocycles. The fourth-order valence-corrected chi connectivity index (χ4v) is 1.60. The first-order chi connectivity index (χ1) is 4.49. The molecule has 0 amide bonds. The molecule has 0 aromatic heterocycles. The summed E-state index contributed by atoms with van der Waals surface area (Å²) in [5.41, 5.74) is 0. The Morgan fingerprint density at radius 1 is 1.40 bits per heavy atom. The predicted octanol–water partition coefficient (Wildman–Crippen LogP) is 1.47. The summed E-state index contributed by atoms with van der Waals surface area (Å²) < 4.78 is 28.9. The Hall–Kier alpha value is -0.0900. The van der Waals surface area contributed by atoms with Gasteiger partial charge in [-0.05, 0) is 5.92 Å². The third-order valence-electron chi connectivity index (χ3n) is 1.41. The lowest BCUT2D eigenvalue weighted by Gasteiger charge is -2.07. The highest BCUT2D eigenvalue weighted by Gasteiger charge is 2.13. The van der Waals surface area contributed by atoms with Gasteiger partial charge in [0.25, 0.3) is 10.1 Å². The van der Waals surface area contributed by atoms with Crippen molar-refractivity contribution in [2.75, 3.05) is 0 Å². The van der Waals surface area contributed by atoms with E-state index in [0.29, 0.717) is 0 Å². The van der Waals surface area contributed by atoms with Crippen molar-refractivity contribution < 1.29 is 13.0 Å². The summed E-state index contributed by atoms with van der Waals surface area (Å²) in [7, 11) is -3.87. The average molecular weight is 165 g/mol. The van der Waals surface area contributed by atoms with Gasteiger partial charge in [-0.2, -0.15) is 8.42 Å². The summed E-state index contributed by atoms with van der Waals surface area (Å²) in [4.78, 5) is 0. The van der Waals surface area contributed by atoms with Crippen LogP contribution in [0.1, 0.15) is 26.7 Å². The van der Waals surface area contributed by atoms with Gasteiger partial charge in [-0.15, -0.1) is 0 Å². The standard InChI is InChI=1S/C6H13O3S/c1-3-6(4-2)5-10(7,8)9/h5-6H,3-4H2,1-2H3,(H,7,8,9). The van der Waals surface area contributed by atoms with Gasteiger partial charge < -0.3 is 0 Å². The van der Waals surface area contributed by atoms with Crippen LogP contribution in [0.2, 0.25) is 0 Å². The molecule has 10 heavy (non-hydrogen) atoms. The highest BCUT2D eigenvalue weighted by Crippen LogP contribution is 2.13. The van der Waals surface area contributed by atoms with E-state index < -0.39 is 10.1 Å². The van der Waals surface area contributed by atoms with Gasteiger partial charge in [0.1, 0.15) is 5.75 Å². The molecule has 1 N–H and O–H groups in total. The number of hydrogen-bond acceptors (Lipinski definition) is 2. The Morgan fingerprint density at radius 3 is 1.90 bits per heavy atom. The lowest BCUT2D eigenvalue weighted by Crippen LogP contribution is -2.07.